The number of anilines is 1. The van der Waals surface area contributed by atoms with Crippen molar-refractivity contribution in [2.45, 2.75) is 19.4 Å². The van der Waals surface area contributed by atoms with E-state index in [0.29, 0.717) is 5.92 Å². The first-order chi connectivity index (χ1) is 8.70. The molecular weight excluding hydrogens is 292 g/mol. The molecule has 0 aliphatic carbocycles. The minimum absolute atomic E-state index is 0.670. The molecule has 0 saturated carbocycles. The molecule has 1 atom stereocenters. The van der Waals surface area contributed by atoms with E-state index in [2.05, 4.69) is 26.9 Å². The van der Waals surface area contributed by atoms with E-state index in [1.807, 2.05) is 12.1 Å². The molecule has 1 saturated heterocycles. The smallest absolute Gasteiger partial charge is 0.0502 e. The van der Waals surface area contributed by atoms with Gasteiger partial charge in [0, 0.05) is 30.4 Å². The second-order valence-corrected chi connectivity index (χ2v) is 5.81. The fourth-order valence-electron chi connectivity index (χ4n) is 2.63. The Labute approximate surface area is 117 Å². The third kappa shape index (κ3) is 3.46. The highest BCUT2D eigenvalue weighted by molar-refractivity contribution is 9.10. The second kappa shape index (κ2) is 6.55. The molecule has 0 radical (unpaired) electrons. The van der Waals surface area contributed by atoms with Gasteiger partial charge in [-0.15, -0.1) is 0 Å². The highest BCUT2D eigenvalue weighted by Crippen LogP contribution is 2.26. The van der Waals surface area contributed by atoms with Crippen molar-refractivity contribution in [1.82, 2.24) is 4.90 Å². The number of ether oxygens (including phenoxy) is 1. The first kappa shape index (κ1) is 13.8. The summed E-state index contributed by atoms with van der Waals surface area (Å²) in [5.74, 6) is 0.670. The van der Waals surface area contributed by atoms with Crippen LogP contribution in [0.25, 0.3) is 0 Å². The normalized spacial score (nSPS) is 21.1. The molecule has 1 aliphatic heterocycles. The lowest BCUT2D eigenvalue weighted by Gasteiger charge is -2.32. The molecule has 1 heterocycles. The van der Waals surface area contributed by atoms with E-state index in [0.717, 1.165) is 29.9 Å². The molecule has 1 unspecified atom stereocenters. The molecule has 3 nitrogen and oxygen atoms in total. The third-order valence-corrected chi connectivity index (χ3v) is 4.48. The zero-order chi connectivity index (χ0) is 13.0. The Morgan fingerprint density at radius 1 is 1.50 bits per heavy atom. The molecule has 4 heteroatoms. The first-order valence-corrected chi connectivity index (χ1v) is 7.24. The van der Waals surface area contributed by atoms with Gasteiger partial charge >= 0.3 is 0 Å². The fourth-order valence-corrected chi connectivity index (χ4v) is 3.02. The fraction of sp³-hybridized carbons (Fsp3) is 0.571. The third-order valence-electron chi connectivity index (χ3n) is 3.51. The molecule has 1 aliphatic rings. The Balaban J connectivity index is 1.98. The second-order valence-electron chi connectivity index (χ2n) is 5.02. The molecule has 0 bridgehead atoms. The number of halogens is 1. The molecule has 100 valence electrons. The van der Waals surface area contributed by atoms with Crippen molar-refractivity contribution in [2.24, 2.45) is 5.92 Å². The van der Waals surface area contributed by atoms with Crippen LogP contribution in [0.2, 0.25) is 0 Å². The molecule has 0 aromatic heterocycles. The molecule has 0 amide bonds. The Hall–Kier alpha value is -0.580. The van der Waals surface area contributed by atoms with E-state index in [-0.39, 0.29) is 0 Å². The van der Waals surface area contributed by atoms with E-state index >= 15 is 0 Å². The van der Waals surface area contributed by atoms with Crippen molar-refractivity contribution in [3.63, 3.8) is 0 Å². The van der Waals surface area contributed by atoms with Crippen LogP contribution >= 0.6 is 15.9 Å². The van der Waals surface area contributed by atoms with Crippen molar-refractivity contribution in [1.29, 1.82) is 0 Å². The van der Waals surface area contributed by atoms with Gasteiger partial charge in [0.1, 0.15) is 0 Å². The van der Waals surface area contributed by atoms with Crippen LogP contribution in [0, 0.1) is 5.92 Å². The largest absolute Gasteiger partial charge is 0.398 e. The molecule has 18 heavy (non-hydrogen) atoms. The van der Waals surface area contributed by atoms with Crippen molar-refractivity contribution in [3.8, 4) is 0 Å². The van der Waals surface area contributed by atoms with Crippen LogP contribution in [0.5, 0.6) is 0 Å². The van der Waals surface area contributed by atoms with E-state index in [1.165, 1.54) is 24.9 Å². The Morgan fingerprint density at radius 3 is 3.11 bits per heavy atom. The molecule has 0 spiro atoms. The van der Waals surface area contributed by atoms with Gasteiger partial charge < -0.3 is 10.5 Å². The molecule has 1 fully saturated rings. The standard InChI is InChI=1S/C14H21BrN2O/c1-18-10-11-4-3-7-17(8-11)9-12-5-2-6-13(16)14(12)15/h2,5-6,11H,3-4,7-10,16H2,1H3. The van der Waals surface area contributed by atoms with Crippen LogP contribution in [-0.2, 0) is 11.3 Å². The van der Waals surface area contributed by atoms with E-state index in [9.17, 15) is 0 Å². The number of piperidine rings is 1. The summed E-state index contributed by atoms with van der Waals surface area (Å²) in [7, 11) is 1.79. The number of nitrogens with two attached hydrogens (primary N) is 1. The monoisotopic (exact) mass is 312 g/mol. The zero-order valence-corrected chi connectivity index (χ0v) is 12.4. The Bertz CT molecular complexity index is 395. The minimum Gasteiger partial charge on any atom is -0.398 e. The number of hydrogen-bond donors (Lipinski definition) is 1. The number of methoxy groups -OCH3 is 1. The first-order valence-electron chi connectivity index (χ1n) is 6.45. The lowest BCUT2D eigenvalue weighted by atomic mass is 9.98. The number of hydrogen-bond acceptors (Lipinski definition) is 3. The van der Waals surface area contributed by atoms with Gasteiger partial charge in [0.2, 0.25) is 0 Å². The maximum atomic E-state index is 5.92. The number of nitrogens with zero attached hydrogens (tertiary/aromatic N) is 1. The average molecular weight is 313 g/mol. The van der Waals surface area contributed by atoms with Crippen molar-refractivity contribution >= 4 is 21.6 Å². The summed E-state index contributed by atoms with van der Waals surface area (Å²) < 4.78 is 6.31. The SMILES string of the molecule is COCC1CCCN(Cc2cccc(N)c2Br)C1. The van der Waals surface area contributed by atoms with Gasteiger partial charge in [-0.3, -0.25) is 4.90 Å². The zero-order valence-electron chi connectivity index (χ0n) is 10.9. The number of rotatable bonds is 4. The van der Waals surface area contributed by atoms with Gasteiger partial charge in [0.05, 0.1) is 6.61 Å². The number of nitrogen functional groups attached to an aromatic ring is 1. The van der Waals surface area contributed by atoms with Gasteiger partial charge in [-0.1, -0.05) is 12.1 Å². The highest BCUT2D eigenvalue weighted by atomic mass is 79.9. The Kier molecular flexibility index (Phi) is 5.03. The summed E-state index contributed by atoms with van der Waals surface area (Å²) in [4.78, 5) is 2.49. The topological polar surface area (TPSA) is 38.5 Å². The Morgan fingerprint density at radius 2 is 2.33 bits per heavy atom. The van der Waals surface area contributed by atoms with Crippen LogP contribution in [0.15, 0.2) is 22.7 Å². The molecular formula is C14H21BrN2O. The predicted octanol–water partition coefficient (Wildman–Crippen LogP) is 2.89. The quantitative estimate of drug-likeness (QED) is 0.869. The minimum atomic E-state index is 0.670. The maximum absolute atomic E-state index is 5.92. The maximum Gasteiger partial charge on any atom is 0.0502 e. The summed E-state index contributed by atoms with van der Waals surface area (Å²) in [6, 6.07) is 6.09. The van der Waals surface area contributed by atoms with Crippen molar-refractivity contribution in [3.05, 3.63) is 28.2 Å². The molecule has 2 rings (SSSR count). The van der Waals surface area contributed by atoms with E-state index < -0.39 is 0 Å². The average Bonchev–Trinajstić information content (AvgIpc) is 2.36. The molecule has 2 N–H and O–H groups in total. The van der Waals surface area contributed by atoms with Crippen LogP contribution < -0.4 is 5.73 Å². The number of likely N-dealkylation sites (tertiary alicyclic amines) is 1. The summed E-state index contributed by atoms with van der Waals surface area (Å²) >= 11 is 3.58. The van der Waals surface area contributed by atoms with Gasteiger partial charge in [-0.25, -0.2) is 0 Å². The predicted molar refractivity (Wildman–Crippen MR) is 78.4 cm³/mol. The van der Waals surface area contributed by atoms with Crippen LogP contribution in [0.4, 0.5) is 5.69 Å². The van der Waals surface area contributed by atoms with Crippen LogP contribution in [0.1, 0.15) is 18.4 Å². The van der Waals surface area contributed by atoms with E-state index in [1.54, 1.807) is 7.11 Å². The summed E-state index contributed by atoms with van der Waals surface area (Å²) in [6.07, 6.45) is 2.54. The lowest BCUT2D eigenvalue weighted by molar-refractivity contribution is 0.0873. The summed E-state index contributed by atoms with van der Waals surface area (Å²) in [6.45, 7) is 4.12. The number of benzene rings is 1. The van der Waals surface area contributed by atoms with Gasteiger partial charge in [0.25, 0.3) is 0 Å². The molecule has 1 aromatic carbocycles. The van der Waals surface area contributed by atoms with Crippen molar-refractivity contribution in [2.75, 3.05) is 32.5 Å². The van der Waals surface area contributed by atoms with Gasteiger partial charge in [-0.2, -0.15) is 0 Å². The van der Waals surface area contributed by atoms with Gasteiger partial charge in [-0.05, 0) is 52.9 Å². The van der Waals surface area contributed by atoms with Crippen molar-refractivity contribution < 1.29 is 4.74 Å². The summed E-state index contributed by atoms with van der Waals surface area (Å²) in [5.41, 5.74) is 8.00. The van der Waals surface area contributed by atoms with Crippen LogP contribution in [0.3, 0.4) is 0 Å². The summed E-state index contributed by atoms with van der Waals surface area (Å²) in [5, 5.41) is 0. The van der Waals surface area contributed by atoms with Gasteiger partial charge in [0.15, 0.2) is 0 Å². The van der Waals surface area contributed by atoms with E-state index in [4.69, 9.17) is 10.5 Å². The lowest BCUT2D eigenvalue weighted by Crippen LogP contribution is -2.36. The highest BCUT2D eigenvalue weighted by Gasteiger charge is 2.20. The van der Waals surface area contributed by atoms with Crippen LogP contribution in [-0.4, -0.2) is 31.7 Å². The molecule has 1 aromatic rings.